The van der Waals surface area contributed by atoms with Gasteiger partial charge in [0.15, 0.2) is 0 Å². The highest BCUT2D eigenvalue weighted by atomic mass is 19.1. The highest BCUT2D eigenvalue weighted by molar-refractivity contribution is 5.96. The summed E-state index contributed by atoms with van der Waals surface area (Å²) in [4.78, 5) is 18.9. The average molecular weight is 464 g/mol. The van der Waals surface area contributed by atoms with Crippen LogP contribution in [0.2, 0.25) is 0 Å². The molecule has 34 heavy (non-hydrogen) atoms. The van der Waals surface area contributed by atoms with Crippen LogP contribution in [0.5, 0.6) is 5.75 Å². The predicted molar refractivity (Wildman–Crippen MR) is 121 cm³/mol. The minimum Gasteiger partial charge on any atom is -0.490 e. The molecule has 2 aromatic carbocycles. The number of carbonyl (C=O) groups is 1. The van der Waals surface area contributed by atoms with Crippen molar-refractivity contribution in [3.05, 3.63) is 77.2 Å². The van der Waals surface area contributed by atoms with E-state index < -0.39 is 17.5 Å². The SMILES string of the molecule is CN(Cc1c(CO)ncc2cn[nH]c12)C(=O)c1cc(F)c(-c2cccc(F)c2)c(OC2CC2)c1. The Morgan fingerprint density at radius 2 is 2.06 bits per heavy atom. The standard InChI is InChI=1S/C25H22F2N4O3/c1-31(12-19-21(13-32)28-10-16-11-29-30-24(16)19)25(33)15-8-20(27)23(14-3-2-4-17(26)7-14)22(9-15)34-18-5-6-18/h2-4,7-11,18,32H,5-6,12-13H2,1H3,(H,29,30). The Bertz CT molecular complexity index is 1380. The average Bonchev–Trinajstić information content (AvgIpc) is 3.50. The number of aliphatic hydroxyl groups is 1. The summed E-state index contributed by atoms with van der Waals surface area (Å²) in [7, 11) is 1.58. The van der Waals surface area contributed by atoms with E-state index in [0.717, 1.165) is 24.3 Å². The van der Waals surface area contributed by atoms with Crippen LogP contribution in [0.25, 0.3) is 22.0 Å². The molecule has 0 unspecified atom stereocenters. The van der Waals surface area contributed by atoms with E-state index in [9.17, 15) is 14.3 Å². The lowest BCUT2D eigenvalue weighted by atomic mass is 10.0. The van der Waals surface area contributed by atoms with Crippen molar-refractivity contribution in [1.82, 2.24) is 20.1 Å². The van der Waals surface area contributed by atoms with E-state index in [1.165, 1.54) is 29.2 Å². The Kier molecular flexibility index (Phi) is 5.70. The van der Waals surface area contributed by atoms with Crippen LogP contribution >= 0.6 is 0 Å². The number of aliphatic hydroxyl groups excluding tert-OH is 1. The first-order valence-electron chi connectivity index (χ1n) is 10.9. The Morgan fingerprint density at radius 3 is 2.79 bits per heavy atom. The van der Waals surface area contributed by atoms with Crippen LogP contribution in [0, 0.1) is 11.6 Å². The van der Waals surface area contributed by atoms with Crippen LogP contribution in [0.3, 0.4) is 0 Å². The number of carbonyl (C=O) groups excluding carboxylic acids is 1. The van der Waals surface area contributed by atoms with Gasteiger partial charge in [0.25, 0.3) is 5.91 Å². The summed E-state index contributed by atoms with van der Waals surface area (Å²) in [5.74, 6) is -1.40. The van der Waals surface area contributed by atoms with E-state index >= 15 is 4.39 Å². The Balaban J connectivity index is 1.49. The number of rotatable bonds is 7. The maximum atomic E-state index is 15.3. The zero-order valence-electron chi connectivity index (χ0n) is 18.4. The third kappa shape index (κ3) is 4.22. The van der Waals surface area contributed by atoms with Crippen molar-refractivity contribution in [2.75, 3.05) is 7.05 Å². The number of halogens is 2. The number of hydrogen-bond donors (Lipinski definition) is 2. The van der Waals surface area contributed by atoms with Gasteiger partial charge in [-0.25, -0.2) is 8.78 Å². The number of hydrogen-bond acceptors (Lipinski definition) is 5. The second kappa shape index (κ2) is 8.83. The number of ether oxygens (including phenoxy) is 1. The number of fused-ring (bicyclic) bond motifs is 1. The third-order valence-electron chi connectivity index (χ3n) is 5.80. The van der Waals surface area contributed by atoms with Crippen molar-refractivity contribution in [2.45, 2.75) is 32.1 Å². The first-order valence-corrected chi connectivity index (χ1v) is 10.9. The minimum absolute atomic E-state index is 0.0500. The van der Waals surface area contributed by atoms with Gasteiger partial charge in [-0.2, -0.15) is 5.10 Å². The molecule has 0 spiro atoms. The quantitative estimate of drug-likeness (QED) is 0.428. The fourth-order valence-electron chi connectivity index (χ4n) is 3.93. The molecule has 1 amide bonds. The van der Waals surface area contributed by atoms with Gasteiger partial charge in [0.1, 0.15) is 17.4 Å². The van der Waals surface area contributed by atoms with E-state index in [-0.39, 0.29) is 36.1 Å². The van der Waals surface area contributed by atoms with Crippen molar-refractivity contribution in [3.8, 4) is 16.9 Å². The topological polar surface area (TPSA) is 91.3 Å². The largest absolute Gasteiger partial charge is 0.490 e. The molecule has 1 aliphatic rings. The molecule has 0 radical (unpaired) electrons. The third-order valence-corrected chi connectivity index (χ3v) is 5.80. The summed E-state index contributed by atoms with van der Waals surface area (Å²) >= 11 is 0. The maximum Gasteiger partial charge on any atom is 0.254 e. The van der Waals surface area contributed by atoms with Gasteiger partial charge in [-0.1, -0.05) is 12.1 Å². The van der Waals surface area contributed by atoms with Gasteiger partial charge in [-0.3, -0.25) is 14.9 Å². The van der Waals surface area contributed by atoms with Gasteiger partial charge in [0.2, 0.25) is 0 Å². The molecule has 5 rings (SSSR count). The van der Waals surface area contributed by atoms with Crippen LogP contribution in [-0.4, -0.2) is 44.2 Å². The monoisotopic (exact) mass is 464 g/mol. The molecule has 0 atom stereocenters. The van der Waals surface area contributed by atoms with Crippen LogP contribution in [0.1, 0.15) is 34.5 Å². The van der Waals surface area contributed by atoms with Crippen molar-refractivity contribution in [2.24, 2.45) is 0 Å². The fraction of sp³-hybridized carbons (Fsp3) is 0.240. The predicted octanol–water partition coefficient (Wildman–Crippen LogP) is 4.21. The van der Waals surface area contributed by atoms with E-state index in [4.69, 9.17) is 4.74 Å². The van der Waals surface area contributed by atoms with Crippen molar-refractivity contribution in [3.63, 3.8) is 0 Å². The molecule has 7 nitrogen and oxygen atoms in total. The second-order valence-corrected chi connectivity index (χ2v) is 8.36. The summed E-state index contributed by atoms with van der Waals surface area (Å²) < 4.78 is 35.0. The van der Waals surface area contributed by atoms with Gasteiger partial charge in [-0.15, -0.1) is 0 Å². The summed E-state index contributed by atoms with van der Waals surface area (Å²) in [6.45, 7) is -0.185. The van der Waals surface area contributed by atoms with Gasteiger partial charge in [0, 0.05) is 36.3 Å². The molecule has 1 aliphatic carbocycles. The number of nitrogens with one attached hydrogen (secondary N) is 1. The summed E-state index contributed by atoms with van der Waals surface area (Å²) in [6, 6.07) is 8.26. The Morgan fingerprint density at radius 1 is 1.24 bits per heavy atom. The first kappa shape index (κ1) is 22.0. The second-order valence-electron chi connectivity index (χ2n) is 8.36. The van der Waals surface area contributed by atoms with E-state index in [1.807, 2.05) is 0 Å². The molecule has 1 fully saturated rings. The smallest absolute Gasteiger partial charge is 0.254 e. The molecule has 1 saturated carbocycles. The van der Waals surface area contributed by atoms with Crippen LogP contribution < -0.4 is 4.74 Å². The molecule has 0 bridgehead atoms. The lowest BCUT2D eigenvalue weighted by molar-refractivity contribution is 0.0783. The zero-order valence-corrected chi connectivity index (χ0v) is 18.4. The summed E-state index contributed by atoms with van der Waals surface area (Å²) in [6.07, 6.45) is 4.83. The van der Waals surface area contributed by atoms with Crippen molar-refractivity contribution < 1.29 is 23.4 Å². The van der Waals surface area contributed by atoms with E-state index in [1.54, 1.807) is 25.5 Å². The van der Waals surface area contributed by atoms with Crippen LogP contribution in [-0.2, 0) is 13.2 Å². The maximum absolute atomic E-state index is 15.3. The molecule has 4 aromatic rings. The van der Waals surface area contributed by atoms with Crippen molar-refractivity contribution >= 4 is 16.8 Å². The number of amides is 1. The highest BCUT2D eigenvalue weighted by Crippen LogP contribution is 2.38. The van der Waals surface area contributed by atoms with Crippen molar-refractivity contribution in [1.29, 1.82) is 0 Å². The molecule has 2 aromatic heterocycles. The molecule has 9 heteroatoms. The number of aromatic amines is 1. The molecule has 2 heterocycles. The lowest BCUT2D eigenvalue weighted by Crippen LogP contribution is -2.27. The van der Waals surface area contributed by atoms with Gasteiger partial charge < -0.3 is 14.7 Å². The van der Waals surface area contributed by atoms with Gasteiger partial charge in [0.05, 0.1) is 35.7 Å². The highest BCUT2D eigenvalue weighted by Gasteiger charge is 2.28. The molecule has 2 N–H and O–H groups in total. The van der Waals surface area contributed by atoms with Gasteiger partial charge >= 0.3 is 0 Å². The Labute approximate surface area is 194 Å². The van der Waals surface area contributed by atoms with Crippen LogP contribution in [0.4, 0.5) is 8.78 Å². The summed E-state index contributed by atoms with van der Waals surface area (Å²) in [5, 5.41) is 17.3. The summed E-state index contributed by atoms with van der Waals surface area (Å²) in [5.41, 5.74) is 2.28. The molecule has 0 saturated heterocycles. The number of benzene rings is 2. The number of aromatic nitrogens is 3. The Hall–Kier alpha value is -3.85. The normalized spacial score (nSPS) is 13.3. The molecule has 174 valence electrons. The number of nitrogens with zero attached hydrogens (tertiary/aromatic N) is 3. The van der Waals surface area contributed by atoms with E-state index in [2.05, 4.69) is 15.2 Å². The van der Waals surface area contributed by atoms with Gasteiger partial charge in [-0.05, 0) is 42.7 Å². The fourth-order valence-corrected chi connectivity index (χ4v) is 3.93. The zero-order chi connectivity index (χ0) is 23.8. The van der Waals surface area contributed by atoms with Crippen LogP contribution in [0.15, 0.2) is 48.8 Å². The van der Waals surface area contributed by atoms with E-state index in [0.29, 0.717) is 22.3 Å². The minimum atomic E-state index is -0.672. The molecule has 0 aliphatic heterocycles. The first-order chi connectivity index (χ1) is 16.4. The molecular formula is C25H22F2N4O3. The lowest BCUT2D eigenvalue weighted by Gasteiger charge is -2.20. The number of pyridine rings is 1. The number of H-pyrrole nitrogens is 1. The molecular weight excluding hydrogens is 442 g/mol.